The van der Waals surface area contributed by atoms with E-state index in [0.29, 0.717) is 25.4 Å². The molecule has 1 rings (SSSR count). The molecule has 0 amide bonds. The molecule has 0 aliphatic rings. The van der Waals surface area contributed by atoms with E-state index in [0.717, 1.165) is 0 Å². The molecule has 1 aromatic rings. The predicted octanol–water partition coefficient (Wildman–Crippen LogP) is 1.33. The number of methoxy groups -OCH3 is 1. The Balaban J connectivity index is 3.04. The molecular weight excluding hydrogens is 280 g/mol. The fraction of sp³-hybridized carbons (Fsp3) is 0.692. The average molecular weight is 303 g/mol. The summed E-state index contributed by atoms with van der Waals surface area (Å²) >= 11 is 6.13. The third-order valence-electron chi connectivity index (χ3n) is 3.61. The van der Waals surface area contributed by atoms with Crippen molar-refractivity contribution in [3.63, 3.8) is 0 Å². The first-order valence-electron chi connectivity index (χ1n) is 6.58. The molecule has 114 valence electrons. The Morgan fingerprint density at radius 3 is 2.75 bits per heavy atom. The number of nitrogens with two attached hydrogens (primary N) is 1. The van der Waals surface area contributed by atoms with Gasteiger partial charge < -0.3 is 15.8 Å². The summed E-state index contributed by atoms with van der Waals surface area (Å²) < 4.78 is 6.21. The Labute approximate surface area is 124 Å². The molecule has 6 nitrogen and oxygen atoms in total. The fourth-order valence-electron chi connectivity index (χ4n) is 1.63. The lowest BCUT2D eigenvalue weighted by Gasteiger charge is -2.34. The number of hydrogen-bond acceptors (Lipinski definition) is 5. The largest absolute Gasteiger partial charge is 0.383 e. The van der Waals surface area contributed by atoms with Crippen LogP contribution < -0.4 is 16.6 Å². The topological polar surface area (TPSA) is 82.2 Å². The zero-order chi connectivity index (χ0) is 15.3. The molecule has 1 unspecified atom stereocenters. The summed E-state index contributed by atoms with van der Waals surface area (Å²) in [5, 5.41) is 7.45. The highest BCUT2D eigenvalue weighted by atomic mass is 35.5. The van der Waals surface area contributed by atoms with Crippen molar-refractivity contribution in [2.45, 2.75) is 32.9 Å². The average Bonchev–Trinajstić information content (AvgIpc) is 2.42. The van der Waals surface area contributed by atoms with Gasteiger partial charge in [0.15, 0.2) is 0 Å². The third kappa shape index (κ3) is 3.71. The number of nitrogens with one attached hydrogen (secondary N) is 1. The van der Waals surface area contributed by atoms with Crippen molar-refractivity contribution < 1.29 is 4.74 Å². The standard InChI is InChI=1S/C13H23ClN4O2/c1-9(2)13(3,8-15)17-10-7-16-18(5-6-20-4)12(19)11(10)14/h7,9,17H,5-6,8,15H2,1-4H3. The van der Waals surface area contributed by atoms with Crippen molar-refractivity contribution >= 4 is 17.3 Å². The van der Waals surface area contributed by atoms with Crippen LogP contribution in [0.1, 0.15) is 20.8 Å². The lowest BCUT2D eigenvalue weighted by atomic mass is 9.88. The van der Waals surface area contributed by atoms with Crippen molar-refractivity contribution in [3.8, 4) is 0 Å². The van der Waals surface area contributed by atoms with Crippen LogP contribution >= 0.6 is 11.6 Å². The molecule has 0 radical (unpaired) electrons. The Hall–Kier alpha value is -1.11. The van der Waals surface area contributed by atoms with E-state index in [4.69, 9.17) is 22.1 Å². The monoisotopic (exact) mass is 302 g/mol. The molecule has 0 saturated carbocycles. The zero-order valence-electron chi connectivity index (χ0n) is 12.4. The maximum Gasteiger partial charge on any atom is 0.287 e. The molecule has 0 spiro atoms. The Bertz CT molecular complexity index is 504. The molecule has 1 heterocycles. The van der Waals surface area contributed by atoms with Gasteiger partial charge >= 0.3 is 0 Å². The first-order valence-corrected chi connectivity index (χ1v) is 6.96. The second kappa shape index (κ2) is 7.06. The van der Waals surface area contributed by atoms with Crippen LogP contribution in [0, 0.1) is 5.92 Å². The van der Waals surface area contributed by atoms with Gasteiger partial charge in [0.25, 0.3) is 5.56 Å². The van der Waals surface area contributed by atoms with Gasteiger partial charge in [0.1, 0.15) is 5.02 Å². The number of ether oxygens (including phenoxy) is 1. The lowest BCUT2D eigenvalue weighted by Crippen LogP contribution is -2.47. The van der Waals surface area contributed by atoms with Crippen LogP contribution in [0.2, 0.25) is 5.02 Å². The van der Waals surface area contributed by atoms with Gasteiger partial charge in [-0.3, -0.25) is 4.79 Å². The van der Waals surface area contributed by atoms with Gasteiger partial charge in [0.05, 0.1) is 25.0 Å². The Morgan fingerprint density at radius 1 is 1.60 bits per heavy atom. The van der Waals surface area contributed by atoms with Gasteiger partial charge in [-0.2, -0.15) is 5.10 Å². The van der Waals surface area contributed by atoms with Crippen LogP contribution in [0.3, 0.4) is 0 Å². The predicted molar refractivity (Wildman–Crippen MR) is 81.3 cm³/mol. The number of halogens is 1. The number of nitrogens with zero attached hydrogens (tertiary/aromatic N) is 2. The van der Waals surface area contributed by atoms with Crippen molar-refractivity contribution in [1.29, 1.82) is 0 Å². The van der Waals surface area contributed by atoms with Gasteiger partial charge in [-0.15, -0.1) is 0 Å². The number of rotatable bonds is 7. The minimum atomic E-state index is -0.351. The first kappa shape index (κ1) is 16.9. The maximum absolute atomic E-state index is 12.1. The molecule has 0 saturated heterocycles. The van der Waals surface area contributed by atoms with Crippen LogP contribution in [0.25, 0.3) is 0 Å². The summed E-state index contributed by atoms with van der Waals surface area (Å²) in [6.07, 6.45) is 1.55. The minimum absolute atomic E-state index is 0.122. The minimum Gasteiger partial charge on any atom is -0.383 e. The molecule has 1 aromatic heterocycles. The lowest BCUT2D eigenvalue weighted by molar-refractivity contribution is 0.182. The van der Waals surface area contributed by atoms with Crippen molar-refractivity contribution in [3.05, 3.63) is 21.6 Å². The van der Waals surface area contributed by atoms with Gasteiger partial charge in [-0.25, -0.2) is 4.68 Å². The van der Waals surface area contributed by atoms with E-state index in [1.165, 1.54) is 4.68 Å². The van der Waals surface area contributed by atoms with Gasteiger partial charge in [-0.1, -0.05) is 25.4 Å². The molecule has 0 fully saturated rings. The van der Waals surface area contributed by atoms with Crippen molar-refractivity contribution in [2.75, 3.05) is 25.6 Å². The fourth-order valence-corrected chi connectivity index (χ4v) is 1.82. The summed E-state index contributed by atoms with van der Waals surface area (Å²) in [5.74, 6) is 0.277. The van der Waals surface area contributed by atoms with E-state index < -0.39 is 0 Å². The van der Waals surface area contributed by atoms with Gasteiger partial charge in [0.2, 0.25) is 0 Å². The summed E-state index contributed by atoms with van der Waals surface area (Å²) in [4.78, 5) is 12.1. The molecule has 7 heteroatoms. The highest BCUT2D eigenvalue weighted by Gasteiger charge is 2.27. The SMILES string of the molecule is COCCn1ncc(NC(C)(CN)C(C)C)c(Cl)c1=O. The summed E-state index contributed by atoms with van der Waals surface area (Å²) in [7, 11) is 1.57. The van der Waals surface area contributed by atoms with E-state index in [1.54, 1.807) is 13.3 Å². The second-order valence-corrected chi connectivity index (χ2v) is 5.67. The maximum atomic E-state index is 12.1. The highest BCUT2D eigenvalue weighted by Crippen LogP contribution is 2.24. The summed E-state index contributed by atoms with van der Waals surface area (Å²) in [6, 6.07) is 0. The zero-order valence-corrected chi connectivity index (χ0v) is 13.2. The second-order valence-electron chi connectivity index (χ2n) is 5.29. The number of anilines is 1. The van der Waals surface area contributed by atoms with Crippen LogP contribution in [0.4, 0.5) is 5.69 Å². The van der Waals surface area contributed by atoms with Gasteiger partial charge in [0, 0.05) is 19.2 Å². The van der Waals surface area contributed by atoms with Crippen LogP contribution in [-0.2, 0) is 11.3 Å². The molecule has 0 bridgehead atoms. The molecule has 20 heavy (non-hydrogen) atoms. The van der Waals surface area contributed by atoms with E-state index in [2.05, 4.69) is 24.3 Å². The number of hydrogen-bond donors (Lipinski definition) is 2. The van der Waals surface area contributed by atoms with E-state index >= 15 is 0 Å². The van der Waals surface area contributed by atoms with Crippen LogP contribution in [0.15, 0.2) is 11.0 Å². The molecule has 1 atom stereocenters. The summed E-state index contributed by atoms with van der Waals surface area (Å²) in [6.45, 7) is 7.30. The Kier molecular flexibility index (Phi) is 5.98. The van der Waals surface area contributed by atoms with E-state index in [9.17, 15) is 4.79 Å². The highest BCUT2D eigenvalue weighted by molar-refractivity contribution is 6.32. The molecule has 0 aliphatic carbocycles. The van der Waals surface area contributed by atoms with Crippen LogP contribution in [0.5, 0.6) is 0 Å². The quantitative estimate of drug-likeness (QED) is 0.794. The van der Waals surface area contributed by atoms with E-state index in [-0.39, 0.29) is 22.0 Å². The molecule has 0 aromatic carbocycles. The molecule has 0 aliphatic heterocycles. The Morgan fingerprint density at radius 2 is 2.25 bits per heavy atom. The van der Waals surface area contributed by atoms with Crippen molar-refractivity contribution in [2.24, 2.45) is 11.7 Å². The third-order valence-corrected chi connectivity index (χ3v) is 3.98. The number of aromatic nitrogens is 2. The van der Waals surface area contributed by atoms with Crippen molar-refractivity contribution in [1.82, 2.24) is 9.78 Å². The summed E-state index contributed by atoms with van der Waals surface area (Å²) in [5.41, 5.74) is 5.63. The van der Waals surface area contributed by atoms with E-state index in [1.807, 2.05) is 6.92 Å². The smallest absolute Gasteiger partial charge is 0.287 e. The normalized spacial score (nSPS) is 14.3. The van der Waals surface area contributed by atoms with Crippen LogP contribution in [-0.4, -0.2) is 35.6 Å². The first-order chi connectivity index (χ1) is 9.35. The molecule has 3 N–H and O–H groups in total. The van der Waals surface area contributed by atoms with Gasteiger partial charge in [-0.05, 0) is 12.8 Å². The molecular formula is C13H23ClN4O2.